The summed E-state index contributed by atoms with van der Waals surface area (Å²) >= 11 is 0. The molecule has 0 unspecified atom stereocenters. The van der Waals surface area contributed by atoms with Crippen molar-refractivity contribution < 1.29 is 14.3 Å². The van der Waals surface area contributed by atoms with Crippen molar-refractivity contribution in [3.63, 3.8) is 0 Å². The maximum absolute atomic E-state index is 12.9. The van der Waals surface area contributed by atoms with E-state index in [0.717, 1.165) is 18.4 Å². The van der Waals surface area contributed by atoms with Crippen LogP contribution in [0.25, 0.3) is 22.3 Å². The van der Waals surface area contributed by atoms with Crippen molar-refractivity contribution >= 4 is 22.9 Å². The first-order valence-corrected chi connectivity index (χ1v) is 10.3. The molecule has 0 fully saturated rings. The van der Waals surface area contributed by atoms with Gasteiger partial charge in [-0.1, -0.05) is 44.2 Å². The maximum Gasteiger partial charge on any atom is 0.339 e. The number of ether oxygens (including phenoxy) is 1. The predicted molar refractivity (Wildman–Crippen MR) is 116 cm³/mol. The molecule has 3 rings (SSSR count). The summed E-state index contributed by atoms with van der Waals surface area (Å²) in [7, 11) is 0. The first kappa shape index (κ1) is 21.5. The van der Waals surface area contributed by atoms with E-state index >= 15 is 0 Å². The van der Waals surface area contributed by atoms with Crippen LogP contribution in [0.3, 0.4) is 0 Å². The van der Waals surface area contributed by atoms with Crippen molar-refractivity contribution in [2.75, 3.05) is 6.61 Å². The van der Waals surface area contributed by atoms with Gasteiger partial charge in [0.1, 0.15) is 0 Å². The van der Waals surface area contributed by atoms with Gasteiger partial charge in [-0.3, -0.25) is 4.79 Å². The quantitative estimate of drug-likeness (QED) is 0.566. The van der Waals surface area contributed by atoms with Gasteiger partial charge in [-0.2, -0.15) is 5.10 Å². The molecule has 0 aliphatic carbocycles. The minimum atomic E-state index is -0.567. The normalized spacial score (nSPS) is 11.3. The molecule has 2 aromatic heterocycles. The molecule has 0 radical (unpaired) electrons. The lowest BCUT2D eigenvalue weighted by Gasteiger charge is -2.15. The Morgan fingerprint density at radius 2 is 1.83 bits per heavy atom. The van der Waals surface area contributed by atoms with Gasteiger partial charge in [-0.05, 0) is 32.8 Å². The number of pyridine rings is 1. The molecule has 0 aliphatic heterocycles. The number of carbonyl (C=O) groups is 2. The predicted octanol–water partition coefficient (Wildman–Crippen LogP) is 4.14. The van der Waals surface area contributed by atoms with Crippen LogP contribution >= 0.6 is 0 Å². The smallest absolute Gasteiger partial charge is 0.339 e. The largest absolute Gasteiger partial charge is 0.452 e. The molecule has 1 aromatic carbocycles. The van der Waals surface area contributed by atoms with E-state index in [-0.39, 0.29) is 24.6 Å². The molecule has 7 heteroatoms. The van der Waals surface area contributed by atoms with Crippen LogP contribution in [0.15, 0.2) is 42.6 Å². The molecule has 0 saturated carbocycles. The number of hydrogen-bond acceptors (Lipinski definition) is 5. The summed E-state index contributed by atoms with van der Waals surface area (Å²) in [6, 6.07) is 11.5. The van der Waals surface area contributed by atoms with Crippen LogP contribution in [0.1, 0.15) is 56.9 Å². The van der Waals surface area contributed by atoms with Crippen LogP contribution in [-0.2, 0) is 9.53 Å². The fourth-order valence-electron chi connectivity index (χ4n) is 3.29. The summed E-state index contributed by atoms with van der Waals surface area (Å²) in [5.74, 6) is -0.869. The van der Waals surface area contributed by atoms with Gasteiger partial charge in [0.25, 0.3) is 5.91 Å². The van der Waals surface area contributed by atoms with E-state index in [2.05, 4.69) is 10.4 Å². The van der Waals surface area contributed by atoms with Gasteiger partial charge >= 0.3 is 5.97 Å². The fraction of sp³-hybridized carbons (Fsp3) is 0.391. The zero-order chi connectivity index (χ0) is 21.7. The molecular weight excluding hydrogens is 380 g/mol. The Morgan fingerprint density at radius 3 is 2.47 bits per heavy atom. The summed E-state index contributed by atoms with van der Waals surface area (Å²) in [6.45, 7) is 7.70. The lowest BCUT2D eigenvalue weighted by molar-refractivity contribution is -0.125. The molecule has 1 N–H and O–H groups in total. The highest BCUT2D eigenvalue weighted by molar-refractivity contribution is 6.04. The molecule has 2 heterocycles. The SMILES string of the molecule is CCC(CC)NC(=O)COC(=O)c1cc(-c2ccccc2)nc2c1cnn2C(C)C. The van der Waals surface area contributed by atoms with Crippen molar-refractivity contribution in [1.82, 2.24) is 20.1 Å². The number of hydrogen-bond donors (Lipinski definition) is 1. The summed E-state index contributed by atoms with van der Waals surface area (Å²) in [5, 5.41) is 7.87. The van der Waals surface area contributed by atoms with Crippen molar-refractivity contribution in [2.24, 2.45) is 0 Å². The first-order valence-electron chi connectivity index (χ1n) is 10.3. The molecule has 0 saturated heterocycles. The van der Waals surface area contributed by atoms with Gasteiger partial charge in [-0.15, -0.1) is 0 Å². The lowest BCUT2D eigenvalue weighted by atomic mass is 10.1. The molecule has 1 amide bonds. The molecule has 0 spiro atoms. The Labute approximate surface area is 176 Å². The van der Waals surface area contributed by atoms with Gasteiger partial charge in [0.05, 0.1) is 22.8 Å². The second-order valence-corrected chi connectivity index (χ2v) is 7.50. The van der Waals surface area contributed by atoms with Crippen LogP contribution in [-0.4, -0.2) is 39.3 Å². The Hall–Kier alpha value is -3.22. The van der Waals surface area contributed by atoms with Gasteiger partial charge < -0.3 is 10.1 Å². The van der Waals surface area contributed by atoms with E-state index in [1.165, 1.54) is 0 Å². The number of esters is 1. The third-order valence-corrected chi connectivity index (χ3v) is 5.03. The van der Waals surface area contributed by atoms with Gasteiger partial charge in [0.2, 0.25) is 0 Å². The molecule has 0 atom stereocenters. The second kappa shape index (κ2) is 9.52. The third-order valence-electron chi connectivity index (χ3n) is 5.03. The number of rotatable bonds is 8. The van der Waals surface area contributed by atoms with Crippen molar-refractivity contribution in [3.05, 3.63) is 48.2 Å². The molecule has 7 nitrogen and oxygen atoms in total. The minimum absolute atomic E-state index is 0.0793. The lowest BCUT2D eigenvalue weighted by Crippen LogP contribution is -2.36. The summed E-state index contributed by atoms with van der Waals surface area (Å²) in [5.41, 5.74) is 2.50. The number of benzene rings is 1. The van der Waals surface area contributed by atoms with Gasteiger partial charge in [0.15, 0.2) is 12.3 Å². The number of fused-ring (bicyclic) bond motifs is 1. The highest BCUT2D eigenvalue weighted by Crippen LogP contribution is 2.26. The van der Waals surface area contributed by atoms with E-state index < -0.39 is 5.97 Å². The summed E-state index contributed by atoms with van der Waals surface area (Å²) in [6.07, 6.45) is 3.28. The van der Waals surface area contributed by atoms with E-state index in [4.69, 9.17) is 9.72 Å². The van der Waals surface area contributed by atoms with Crippen LogP contribution < -0.4 is 5.32 Å². The highest BCUT2D eigenvalue weighted by Gasteiger charge is 2.20. The van der Waals surface area contributed by atoms with E-state index in [0.29, 0.717) is 22.3 Å². The van der Waals surface area contributed by atoms with Gasteiger partial charge in [0, 0.05) is 17.6 Å². The maximum atomic E-state index is 12.9. The van der Waals surface area contributed by atoms with Crippen molar-refractivity contribution in [3.8, 4) is 11.3 Å². The van der Waals surface area contributed by atoms with E-state index in [1.807, 2.05) is 58.0 Å². The zero-order valence-electron chi connectivity index (χ0n) is 17.9. The van der Waals surface area contributed by atoms with Crippen LogP contribution in [0, 0.1) is 0 Å². The highest BCUT2D eigenvalue weighted by atomic mass is 16.5. The Bertz CT molecular complexity index is 1020. The molecule has 0 aliphatic rings. The monoisotopic (exact) mass is 408 g/mol. The second-order valence-electron chi connectivity index (χ2n) is 7.50. The molecule has 3 aromatic rings. The third kappa shape index (κ3) is 4.67. The standard InChI is InChI=1S/C23H28N4O3/c1-5-17(6-2)25-21(28)14-30-23(29)18-12-20(16-10-8-7-9-11-16)26-22-19(18)13-24-27(22)15(3)4/h7-13,15,17H,5-6,14H2,1-4H3,(H,25,28). The molecular formula is C23H28N4O3. The van der Waals surface area contributed by atoms with Crippen LogP contribution in [0.2, 0.25) is 0 Å². The number of carbonyl (C=O) groups excluding carboxylic acids is 2. The fourth-order valence-corrected chi connectivity index (χ4v) is 3.29. The van der Waals surface area contributed by atoms with Crippen molar-refractivity contribution in [2.45, 2.75) is 52.6 Å². The first-order chi connectivity index (χ1) is 14.4. The topological polar surface area (TPSA) is 86.1 Å². The number of aromatic nitrogens is 3. The molecule has 0 bridgehead atoms. The summed E-state index contributed by atoms with van der Waals surface area (Å²) < 4.78 is 7.11. The van der Waals surface area contributed by atoms with Gasteiger partial charge in [-0.25, -0.2) is 14.5 Å². The number of amides is 1. The molecule has 158 valence electrons. The average molecular weight is 409 g/mol. The van der Waals surface area contributed by atoms with E-state index in [9.17, 15) is 9.59 Å². The van der Waals surface area contributed by atoms with Crippen LogP contribution in [0.4, 0.5) is 0 Å². The number of nitrogens with one attached hydrogen (secondary N) is 1. The summed E-state index contributed by atoms with van der Waals surface area (Å²) in [4.78, 5) is 29.8. The minimum Gasteiger partial charge on any atom is -0.452 e. The average Bonchev–Trinajstić information content (AvgIpc) is 3.20. The molecule has 30 heavy (non-hydrogen) atoms. The van der Waals surface area contributed by atoms with E-state index in [1.54, 1.807) is 16.9 Å². The Kier molecular flexibility index (Phi) is 6.82. The number of nitrogens with zero attached hydrogens (tertiary/aromatic N) is 3. The Morgan fingerprint density at radius 1 is 1.13 bits per heavy atom. The van der Waals surface area contributed by atoms with Crippen molar-refractivity contribution in [1.29, 1.82) is 0 Å². The zero-order valence-corrected chi connectivity index (χ0v) is 17.9. The Balaban J connectivity index is 1.92. The van der Waals surface area contributed by atoms with Crippen LogP contribution in [0.5, 0.6) is 0 Å².